The van der Waals surface area contributed by atoms with Crippen LogP contribution < -0.4 is 36.0 Å². The van der Waals surface area contributed by atoms with E-state index in [9.17, 15) is 14.4 Å². The predicted molar refractivity (Wildman–Crippen MR) is 234 cm³/mol. The number of ether oxygens (including phenoxy) is 1. The summed E-state index contributed by atoms with van der Waals surface area (Å²) in [6.45, 7) is 6.44. The van der Waals surface area contributed by atoms with E-state index in [1.807, 2.05) is 11.7 Å². The number of aromatic nitrogens is 5. The predicted octanol–water partition coefficient (Wildman–Crippen LogP) is 5.92. The number of fused-ring (bicyclic) bond motifs is 4. The number of anilines is 5. The van der Waals surface area contributed by atoms with Gasteiger partial charge in [-0.1, -0.05) is 11.6 Å². The van der Waals surface area contributed by atoms with Crippen molar-refractivity contribution in [1.29, 1.82) is 0 Å². The van der Waals surface area contributed by atoms with Crippen LogP contribution in [-0.4, -0.2) is 105 Å². The summed E-state index contributed by atoms with van der Waals surface area (Å²) < 4.78 is 54.6. The number of piperazine rings is 1. The van der Waals surface area contributed by atoms with Crippen molar-refractivity contribution in [3.05, 3.63) is 63.4 Å². The summed E-state index contributed by atoms with van der Waals surface area (Å²) in [5.41, 5.74) is 2.48. The number of nitrogens with one attached hydrogen (secondary N) is 3. The molecule has 0 radical (unpaired) electrons. The Balaban J connectivity index is 0.785. The number of pyridine rings is 1. The first-order chi connectivity index (χ1) is 30.2. The lowest BCUT2D eigenvalue weighted by atomic mass is 9.92. The molecule has 19 heteroatoms. The van der Waals surface area contributed by atoms with E-state index in [4.69, 9.17) is 26.4 Å². The number of piperidine rings is 2. The van der Waals surface area contributed by atoms with E-state index >= 15 is 13.2 Å². The third-order valence-corrected chi connectivity index (χ3v) is 13.9. The fraction of sp³-hybridized carbons (Fsp3) is 0.500. The van der Waals surface area contributed by atoms with Crippen LogP contribution in [0.3, 0.4) is 0 Å². The molecule has 5 aromatic rings. The molecule has 2 aromatic carbocycles. The molecule has 3 N–H and O–H groups in total. The van der Waals surface area contributed by atoms with Crippen LogP contribution in [-0.2, 0) is 23.7 Å². The van der Waals surface area contributed by atoms with Gasteiger partial charge in [-0.25, -0.2) is 18.2 Å². The lowest BCUT2D eigenvalue weighted by Gasteiger charge is -2.43. The number of hydrogen-bond acceptors (Lipinski definition) is 12. The van der Waals surface area contributed by atoms with E-state index in [0.29, 0.717) is 54.7 Å². The van der Waals surface area contributed by atoms with Crippen molar-refractivity contribution in [3.63, 3.8) is 0 Å². The summed E-state index contributed by atoms with van der Waals surface area (Å²) in [6.07, 6.45) is 5.41. The molecule has 63 heavy (non-hydrogen) atoms. The van der Waals surface area contributed by atoms with Gasteiger partial charge in [0.25, 0.3) is 5.56 Å². The maximum absolute atomic E-state index is 15.8. The smallest absolute Gasteiger partial charge is 0.301 e. The minimum absolute atomic E-state index is 0.0000433. The standard InChI is InChI=1S/C44H49ClF3N11O4/c1-23-20-59(26-6-7-27-34(16-26)56(3)54-36(27)28-8-9-35(60)51-41(28)61)15-14-58(23)21-24-10-12-57(13-11-24)43-49-19-30(45)40(53-43)50-32-17-29-33(18-31(32)46)55(2)42(62)38-37(29)52-39(25-4-5-25)44(47,48)22-63-38/h6-7,16-19,23-25,28,39,52H,4-5,8-15,20-22H2,1-3H3,(H,49,50,53)(H,51,60,61). The van der Waals surface area contributed by atoms with Crippen molar-refractivity contribution in [2.24, 2.45) is 25.9 Å². The Morgan fingerprint density at radius 2 is 1.76 bits per heavy atom. The molecule has 1 saturated carbocycles. The molecular formula is C44H49ClF3N11O4. The number of rotatable bonds is 8. The molecule has 10 rings (SSSR count). The third-order valence-electron chi connectivity index (χ3n) is 13.6. The number of carbonyl (C=O) groups is 2. The average Bonchev–Trinajstić information content (AvgIpc) is 4.07. The molecule has 3 atom stereocenters. The summed E-state index contributed by atoms with van der Waals surface area (Å²) in [7, 11) is 3.34. The SMILES string of the molecule is CC1CN(c2ccc3c(C4CCC(=O)NC4=O)nn(C)c3c2)CCN1CC1CCN(c2ncc(Cl)c(Nc3cc4c5c(c(=O)n(C)c4cc3F)OCC(F)(F)C(C3CC3)N5)n2)CC1. The largest absolute Gasteiger partial charge is 0.480 e. The minimum Gasteiger partial charge on any atom is -0.480 e. The summed E-state index contributed by atoms with van der Waals surface area (Å²) in [5, 5.41) is 14.6. The van der Waals surface area contributed by atoms with Crippen molar-refractivity contribution < 1.29 is 27.5 Å². The number of carbonyl (C=O) groups excluding carboxylic acids is 2. The zero-order valence-electron chi connectivity index (χ0n) is 35.3. The summed E-state index contributed by atoms with van der Waals surface area (Å²) in [6, 6.07) is 8.07. The van der Waals surface area contributed by atoms with Gasteiger partial charge in [-0.15, -0.1) is 0 Å². The monoisotopic (exact) mass is 887 g/mol. The molecule has 7 heterocycles. The molecular weight excluding hydrogens is 839 g/mol. The van der Waals surface area contributed by atoms with Crippen LogP contribution in [0.15, 0.2) is 41.3 Å². The Hall–Kier alpha value is -5.62. The summed E-state index contributed by atoms with van der Waals surface area (Å²) in [5.74, 6) is -4.22. The lowest BCUT2D eigenvalue weighted by Crippen LogP contribution is -2.53. The van der Waals surface area contributed by atoms with Gasteiger partial charge in [-0.3, -0.25) is 29.3 Å². The number of aryl methyl sites for hydroxylation is 2. The van der Waals surface area contributed by atoms with Crippen molar-refractivity contribution >= 4 is 74.0 Å². The van der Waals surface area contributed by atoms with Crippen LogP contribution in [0.2, 0.25) is 5.02 Å². The number of hydrogen-bond donors (Lipinski definition) is 3. The topological polar surface area (TPSA) is 155 Å². The Morgan fingerprint density at radius 3 is 2.51 bits per heavy atom. The quantitative estimate of drug-likeness (QED) is 0.159. The Labute approximate surface area is 365 Å². The molecule has 332 valence electrons. The van der Waals surface area contributed by atoms with E-state index in [1.54, 1.807) is 0 Å². The fourth-order valence-electron chi connectivity index (χ4n) is 9.87. The van der Waals surface area contributed by atoms with Gasteiger partial charge in [-0.2, -0.15) is 10.1 Å². The van der Waals surface area contributed by atoms with E-state index < -0.39 is 35.9 Å². The number of halogens is 4. The van der Waals surface area contributed by atoms with E-state index in [2.05, 4.69) is 60.8 Å². The van der Waals surface area contributed by atoms with Gasteiger partial charge in [0.05, 0.1) is 46.3 Å². The first-order valence-electron chi connectivity index (χ1n) is 21.7. The second kappa shape index (κ2) is 15.9. The molecule has 0 spiro atoms. The second-order valence-corrected chi connectivity index (χ2v) is 18.3. The van der Waals surface area contributed by atoms with Crippen LogP contribution in [0.1, 0.15) is 57.1 Å². The molecule has 5 aliphatic rings. The van der Waals surface area contributed by atoms with Crippen LogP contribution in [0, 0.1) is 17.7 Å². The van der Waals surface area contributed by atoms with E-state index in [0.717, 1.165) is 68.7 Å². The Morgan fingerprint density at radius 1 is 0.968 bits per heavy atom. The van der Waals surface area contributed by atoms with Crippen molar-refractivity contribution in [2.75, 3.05) is 66.3 Å². The molecule has 15 nitrogen and oxygen atoms in total. The highest BCUT2D eigenvalue weighted by atomic mass is 35.5. The highest BCUT2D eigenvalue weighted by molar-refractivity contribution is 6.33. The maximum Gasteiger partial charge on any atom is 0.301 e. The van der Waals surface area contributed by atoms with Crippen LogP contribution in [0.4, 0.5) is 42.0 Å². The highest BCUT2D eigenvalue weighted by Gasteiger charge is 2.51. The first-order valence-corrected chi connectivity index (χ1v) is 22.1. The number of benzene rings is 2. The molecule has 2 amide bonds. The molecule has 3 unspecified atom stereocenters. The van der Waals surface area contributed by atoms with Crippen molar-refractivity contribution in [1.82, 2.24) is 34.5 Å². The second-order valence-electron chi connectivity index (χ2n) is 17.9. The molecule has 3 saturated heterocycles. The first kappa shape index (κ1) is 41.4. The maximum atomic E-state index is 15.8. The molecule has 4 fully saturated rings. The summed E-state index contributed by atoms with van der Waals surface area (Å²) in [4.78, 5) is 53.9. The molecule has 0 bridgehead atoms. The molecule has 3 aromatic heterocycles. The normalized spacial score (nSPS) is 23.3. The van der Waals surface area contributed by atoms with Gasteiger partial charge in [-0.05, 0) is 75.1 Å². The van der Waals surface area contributed by atoms with Crippen LogP contribution in [0.5, 0.6) is 5.75 Å². The lowest BCUT2D eigenvalue weighted by molar-refractivity contribution is -0.134. The van der Waals surface area contributed by atoms with Crippen molar-refractivity contribution in [3.8, 4) is 5.75 Å². The highest BCUT2D eigenvalue weighted by Crippen LogP contribution is 2.46. The van der Waals surface area contributed by atoms with Gasteiger partial charge in [0, 0.05) is 88.4 Å². The van der Waals surface area contributed by atoms with Gasteiger partial charge >= 0.3 is 5.92 Å². The number of imide groups is 1. The van der Waals surface area contributed by atoms with E-state index in [1.165, 1.54) is 29.9 Å². The number of amides is 2. The third kappa shape index (κ3) is 7.68. The zero-order chi connectivity index (χ0) is 43.9. The number of alkyl halides is 2. The van der Waals surface area contributed by atoms with Crippen LogP contribution in [0.25, 0.3) is 21.8 Å². The Kier molecular flexibility index (Phi) is 10.4. The zero-order valence-corrected chi connectivity index (χ0v) is 36.0. The fourth-order valence-corrected chi connectivity index (χ4v) is 10.0. The van der Waals surface area contributed by atoms with Gasteiger partial charge < -0.3 is 29.7 Å². The molecule has 4 aliphatic heterocycles. The average molecular weight is 888 g/mol. The van der Waals surface area contributed by atoms with Gasteiger partial charge in [0.2, 0.25) is 23.5 Å². The van der Waals surface area contributed by atoms with Crippen LogP contribution >= 0.6 is 11.6 Å². The summed E-state index contributed by atoms with van der Waals surface area (Å²) >= 11 is 6.57. The van der Waals surface area contributed by atoms with Crippen molar-refractivity contribution in [2.45, 2.75) is 69.4 Å². The number of nitrogens with zero attached hydrogens (tertiary/aromatic N) is 8. The van der Waals surface area contributed by atoms with Gasteiger partial charge in [0.1, 0.15) is 10.8 Å². The van der Waals surface area contributed by atoms with Gasteiger partial charge in [0.15, 0.2) is 12.4 Å². The minimum atomic E-state index is -3.21. The molecule has 1 aliphatic carbocycles. The Bertz CT molecular complexity index is 2720. The van der Waals surface area contributed by atoms with E-state index in [-0.39, 0.29) is 51.2 Å².